The topological polar surface area (TPSA) is 124 Å². The Morgan fingerprint density at radius 3 is 2.88 bits per heavy atom. The molecule has 2 aromatic heterocycles. The van der Waals surface area contributed by atoms with Crippen molar-refractivity contribution in [2.45, 2.75) is 13.8 Å². The number of aromatic hydroxyl groups is 1. The first-order chi connectivity index (χ1) is 12.4. The van der Waals surface area contributed by atoms with E-state index in [0.717, 1.165) is 11.5 Å². The molecule has 0 aliphatic carbocycles. The highest BCUT2D eigenvalue weighted by Crippen LogP contribution is 2.41. The van der Waals surface area contributed by atoms with Crippen molar-refractivity contribution in [2.75, 3.05) is 5.32 Å². The maximum atomic E-state index is 11.3. The van der Waals surface area contributed by atoms with Crippen LogP contribution in [-0.2, 0) is 4.79 Å². The second kappa shape index (κ2) is 7.03. The Bertz CT molecular complexity index is 1100. The molecule has 0 bridgehead atoms. The molecule has 3 rings (SSSR count). The predicted octanol–water partition coefficient (Wildman–Crippen LogP) is 4.60. The van der Waals surface area contributed by atoms with Gasteiger partial charge in [-0.3, -0.25) is 4.79 Å². The summed E-state index contributed by atoms with van der Waals surface area (Å²) in [7, 11) is 0. The molecule has 0 spiro atoms. The molecule has 0 aliphatic heterocycles. The number of pyridine rings is 1. The number of hydrogen-bond acceptors (Lipinski definition) is 8. The van der Waals surface area contributed by atoms with Crippen LogP contribution in [0.5, 0.6) is 5.75 Å². The number of nitrogens with zero attached hydrogens (tertiary/aromatic N) is 5. The van der Waals surface area contributed by atoms with E-state index in [2.05, 4.69) is 24.9 Å². The van der Waals surface area contributed by atoms with Crippen molar-refractivity contribution in [3.05, 3.63) is 34.5 Å². The lowest BCUT2D eigenvalue weighted by atomic mass is 10.1. The molecule has 0 fully saturated rings. The van der Waals surface area contributed by atoms with Crippen LogP contribution in [-0.4, -0.2) is 20.4 Å². The zero-order valence-electron chi connectivity index (χ0n) is 13.6. The van der Waals surface area contributed by atoms with Crippen LogP contribution in [0.25, 0.3) is 11.0 Å². The van der Waals surface area contributed by atoms with Gasteiger partial charge in [0.05, 0.1) is 27.3 Å². The molecule has 0 unspecified atom stereocenters. The molecular formula is C16H11ClN6O2S. The van der Waals surface area contributed by atoms with Crippen molar-refractivity contribution in [3.63, 3.8) is 0 Å². The summed E-state index contributed by atoms with van der Waals surface area (Å²) >= 11 is 7.20. The number of anilines is 1. The van der Waals surface area contributed by atoms with Gasteiger partial charge in [0.2, 0.25) is 5.91 Å². The van der Waals surface area contributed by atoms with E-state index >= 15 is 0 Å². The van der Waals surface area contributed by atoms with E-state index in [1.54, 1.807) is 13.0 Å². The summed E-state index contributed by atoms with van der Waals surface area (Å²) in [5.41, 5.74) is 1.90. The van der Waals surface area contributed by atoms with E-state index in [0.29, 0.717) is 32.8 Å². The van der Waals surface area contributed by atoms with Gasteiger partial charge in [0, 0.05) is 13.1 Å². The Morgan fingerprint density at radius 1 is 1.42 bits per heavy atom. The Labute approximate surface area is 156 Å². The van der Waals surface area contributed by atoms with Gasteiger partial charge in [0.15, 0.2) is 16.4 Å². The Balaban J connectivity index is 2.05. The fourth-order valence-corrected chi connectivity index (χ4v) is 3.01. The molecule has 10 heteroatoms. The lowest BCUT2D eigenvalue weighted by Gasteiger charge is -2.10. The molecule has 8 nitrogen and oxygen atoms in total. The maximum Gasteiger partial charge on any atom is 0.221 e. The standard InChI is InChI=1S/C16H11ClN6O2S/c1-7-11(4-12(20-8(2)24)14(25)13(7)17)21-22-16-10-3-9(5-18)6-19-15(10)23-26-16/h3-4,6,25H,1-2H3,(H,20,24)/b22-21+. The van der Waals surface area contributed by atoms with Gasteiger partial charge in [-0.15, -0.1) is 10.2 Å². The van der Waals surface area contributed by atoms with Crippen molar-refractivity contribution in [1.29, 1.82) is 5.26 Å². The summed E-state index contributed by atoms with van der Waals surface area (Å²) in [6.07, 6.45) is 1.44. The van der Waals surface area contributed by atoms with E-state index in [9.17, 15) is 9.90 Å². The smallest absolute Gasteiger partial charge is 0.221 e. The number of carbonyl (C=O) groups excluding carboxylic acids is 1. The number of halogens is 1. The zero-order valence-corrected chi connectivity index (χ0v) is 15.2. The second-order valence-electron chi connectivity index (χ2n) is 5.31. The lowest BCUT2D eigenvalue weighted by Crippen LogP contribution is -2.06. The minimum atomic E-state index is -0.355. The second-order valence-corrected chi connectivity index (χ2v) is 6.44. The van der Waals surface area contributed by atoms with E-state index in [1.807, 2.05) is 6.07 Å². The zero-order chi connectivity index (χ0) is 18.8. The first kappa shape index (κ1) is 17.7. The number of nitrogens with one attached hydrogen (secondary N) is 1. The van der Waals surface area contributed by atoms with Gasteiger partial charge < -0.3 is 10.4 Å². The Morgan fingerprint density at radius 2 is 2.19 bits per heavy atom. The average Bonchev–Trinajstić information content (AvgIpc) is 3.03. The molecule has 0 radical (unpaired) electrons. The maximum absolute atomic E-state index is 11.3. The normalized spacial score (nSPS) is 11.0. The van der Waals surface area contributed by atoms with Crippen LogP contribution in [0.1, 0.15) is 18.1 Å². The molecule has 130 valence electrons. The third kappa shape index (κ3) is 3.33. The molecule has 0 saturated carbocycles. The molecule has 0 atom stereocenters. The van der Waals surface area contributed by atoms with Crippen LogP contribution in [0.2, 0.25) is 5.02 Å². The first-order valence-electron chi connectivity index (χ1n) is 7.27. The van der Waals surface area contributed by atoms with Crippen LogP contribution < -0.4 is 5.32 Å². The third-order valence-electron chi connectivity index (χ3n) is 3.46. The number of phenolic OH excluding ortho intramolecular Hbond substituents is 1. The van der Waals surface area contributed by atoms with Crippen LogP contribution in [0, 0.1) is 18.3 Å². The predicted molar refractivity (Wildman–Crippen MR) is 98.5 cm³/mol. The molecule has 1 amide bonds. The van der Waals surface area contributed by atoms with Crippen molar-refractivity contribution < 1.29 is 9.90 Å². The van der Waals surface area contributed by atoms with Crippen LogP contribution in [0.4, 0.5) is 16.4 Å². The number of amides is 1. The van der Waals surface area contributed by atoms with E-state index in [-0.39, 0.29) is 22.4 Å². The number of aromatic nitrogens is 2. The van der Waals surface area contributed by atoms with Crippen LogP contribution in [0.15, 0.2) is 28.6 Å². The number of rotatable bonds is 3. The quantitative estimate of drug-likeness (QED) is 0.502. The van der Waals surface area contributed by atoms with E-state index < -0.39 is 0 Å². The molecule has 1 aromatic carbocycles. The van der Waals surface area contributed by atoms with Crippen molar-refractivity contribution in [1.82, 2.24) is 9.36 Å². The number of hydrogen-bond donors (Lipinski definition) is 2. The highest BCUT2D eigenvalue weighted by molar-refractivity contribution is 7.11. The summed E-state index contributed by atoms with van der Waals surface area (Å²) in [4.78, 5) is 15.4. The summed E-state index contributed by atoms with van der Waals surface area (Å²) in [6, 6.07) is 5.13. The molecule has 3 aromatic rings. The van der Waals surface area contributed by atoms with Gasteiger partial charge >= 0.3 is 0 Å². The van der Waals surface area contributed by atoms with E-state index in [4.69, 9.17) is 16.9 Å². The minimum absolute atomic E-state index is 0.0767. The summed E-state index contributed by atoms with van der Waals surface area (Å²) in [5, 5.41) is 31.0. The number of azo groups is 1. The minimum Gasteiger partial charge on any atom is -0.504 e. The fourth-order valence-electron chi connectivity index (χ4n) is 2.17. The summed E-state index contributed by atoms with van der Waals surface area (Å²) in [6.45, 7) is 2.99. The van der Waals surface area contributed by atoms with Gasteiger partial charge in [-0.05, 0) is 36.2 Å². The fraction of sp³-hybridized carbons (Fsp3) is 0.125. The Kier molecular flexibility index (Phi) is 4.79. The van der Waals surface area contributed by atoms with Crippen LogP contribution >= 0.6 is 23.1 Å². The number of phenols is 1. The number of benzene rings is 1. The summed E-state index contributed by atoms with van der Waals surface area (Å²) < 4.78 is 4.16. The van der Waals surface area contributed by atoms with Crippen molar-refractivity contribution in [3.8, 4) is 11.8 Å². The molecule has 2 N–H and O–H groups in total. The number of nitriles is 1. The molecule has 0 saturated heterocycles. The van der Waals surface area contributed by atoms with E-state index in [1.165, 1.54) is 19.2 Å². The van der Waals surface area contributed by atoms with Crippen molar-refractivity contribution in [2.24, 2.45) is 10.2 Å². The molecule has 0 aliphatic rings. The number of carbonyl (C=O) groups is 1. The Hall–Kier alpha value is -3.09. The average molecular weight is 387 g/mol. The van der Waals surface area contributed by atoms with Crippen LogP contribution in [0.3, 0.4) is 0 Å². The van der Waals surface area contributed by atoms with Gasteiger partial charge in [-0.1, -0.05) is 11.6 Å². The van der Waals surface area contributed by atoms with Gasteiger partial charge in [0.1, 0.15) is 6.07 Å². The highest BCUT2D eigenvalue weighted by atomic mass is 35.5. The summed E-state index contributed by atoms with van der Waals surface area (Å²) in [5.74, 6) is -0.587. The lowest BCUT2D eigenvalue weighted by molar-refractivity contribution is -0.114. The third-order valence-corrected chi connectivity index (χ3v) is 4.66. The molecular weight excluding hydrogens is 376 g/mol. The first-order valence-corrected chi connectivity index (χ1v) is 8.42. The van der Waals surface area contributed by atoms with Gasteiger partial charge in [-0.2, -0.15) is 9.64 Å². The highest BCUT2D eigenvalue weighted by Gasteiger charge is 2.15. The number of fused-ring (bicyclic) bond motifs is 1. The molecule has 2 heterocycles. The van der Waals surface area contributed by atoms with Gasteiger partial charge in [0.25, 0.3) is 0 Å². The SMILES string of the molecule is CC(=O)Nc1cc(/N=N/c2snc3ncc(C#N)cc23)c(C)c(Cl)c1O. The van der Waals surface area contributed by atoms with Crippen molar-refractivity contribution >= 4 is 56.4 Å². The largest absolute Gasteiger partial charge is 0.504 e. The van der Waals surface area contributed by atoms with Gasteiger partial charge in [-0.25, -0.2) is 4.98 Å². The molecule has 26 heavy (non-hydrogen) atoms. The monoisotopic (exact) mass is 386 g/mol.